The first-order chi connectivity index (χ1) is 10.1. The van der Waals surface area contributed by atoms with Crippen LogP contribution in [0.2, 0.25) is 0 Å². The highest BCUT2D eigenvalue weighted by Crippen LogP contribution is 2.32. The third kappa shape index (κ3) is 3.84. The highest BCUT2D eigenvalue weighted by molar-refractivity contribution is 5.95. The van der Waals surface area contributed by atoms with Gasteiger partial charge in [0.25, 0.3) is 0 Å². The van der Waals surface area contributed by atoms with Crippen LogP contribution in [0.5, 0.6) is 5.75 Å². The topological polar surface area (TPSA) is 66.8 Å². The third-order valence-electron chi connectivity index (χ3n) is 3.49. The van der Waals surface area contributed by atoms with Crippen LogP contribution >= 0.6 is 0 Å². The first kappa shape index (κ1) is 15.1. The minimum Gasteiger partial charge on any atom is -0.495 e. The van der Waals surface area contributed by atoms with E-state index in [9.17, 15) is 9.59 Å². The van der Waals surface area contributed by atoms with Crippen molar-refractivity contribution < 1.29 is 19.4 Å². The van der Waals surface area contributed by atoms with Gasteiger partial charge in [0, 0.05) is 19.0 Å². The number of methoxy groups -OCH3 is 1. The monoisotopic (exact) mass is 289 g/mol. The number of hydrogen-bond acceptors (Lipinski definition) is 3. The van der Waals surface area contributed by atoms with Crippen LogP contribution in [0.15, 0.2) is 24.3 Å². The van der Waals surface area contributed by atoms with Crippen molar-refractivity contribution in [1.29, 1.82) is 0 Å². The summed E-state index contributed by atoms with van der Waals surface area (Å²) in [4.78, 5) is 24.6. The normalized spacial score (nSPS) is 16.0. The largest absolute Gasteiger partial charge is 0.495 e. The van der Waals surface area contributed by atoms with Gasteiger partial charge in [0.15, 0.2) is 0 Å². The van der Waals surface area contributed by atoms with Crippen molar-refractivity contribution >= 4 is 23.6 Å². The van der Waals surface area contributed by atoms with Crippen LogP contribution in [0.3, 0.4) is 0 Å². The molecule has 1 aromatic carbocycles. The van der Waals surface area contributed by atoms with Gasteiger partial charge < -0.3 is 14.7 Å². The summed E-state index contributed by atoms with van der Waals surface area (Å²) >= 11 is 0. The van der Waals surface area contributed by atoms with Crippen LogP contribution in [-0.4, -0.2) is 30.6 Å². The number of benzene rings is 1. The molecule has 0 radical (unpaired) electrons. The number of hydrogen-bond donors (Lipinski definition) is 1. The number of anilines is 1. The molecular weight excluding hydrogens is 270 g/mol. The van der Waals surface area contributed by atoms with Crippen LogP contribution in [-0.2, 0) is 9.59 Å². The molecule has 1 amide bonds. The Morgan fingerprint density at radius 3 is 2.86 bits per heavy atom. The average molecular weight is 289 g/mol. The Bertz CT molecular complexity index is 565. The highest BCUT2D eigenvalue weighted by Gasteiger charge is 2.21. The number of carboxylic acids is 1. The molecule has 0 bridgehead atoms. The van der Waals surface area contributed by atoms with E-state index in [1.165, 1.54) is 6.08 Å². The van der Waals surface area contributed by atoms with E-state index in [-0.39, 0.29) is 5.91 Å². The van der Waals surface area contributed by atoms with E-state index in [2.05, 4.69) is 0 Å². The lowest BCUT2D eigenvalue weighted by molar-refractivity contribution is -0.131. The number of rotatable bonds is 4. The Morgan fingerprint density at radius 1 is 1.33 bits per heavy atom. The van der Waals surface area contributed by atoms with E-state index in [1.807, 2.05) is 0 Å². The van der Waals surface area contributed by atoms with Crippen LogP contribution in [0.25, 0.3) is 6.08 Å². The Labute approximate surface area is 123 Å². The Kier molecular flexibility index (Phi) is 4.98. The molecule has 1 saturated heterocycles. The fourth-order valence-electron chi connectivity index (χ4n) is 2.43. The zero-order valence-electron chi connectivity index (χ0n) is 12.0. The minimum absolute atomic E-state index is 0.0881. The molecule has 1 N–H and O–H groups in total. The maximum Gasteiger partial charge on any atom is 0.328 e. The molecule has 1 heterocycles. The highest BCUT2D eigenvalue weighted by atomic mass is 16.5. The lowest BCUT2D eigenvalue weighted by atomic mass is 10.1. The molecule has 0 spiro atoms. The van der Waals surface area contributed by atoms with Crippen molar-refractivity contribution in [2.45, 2.75) is 25.7 Å². The maximum atomic E-state index is 12.2. The van der Waals surface area contributed by atoms with Crippen molar-refractivity contribution in [2.75, 3.05) is 18.6 Å². The van der Waals surface area contributed by atoms with Gasteiger partial charge in [-0.2, -0.15) is 0 Å². The van der Waals surface area contributed by atoms with Gasteiger partial charge in [-0.3, -0.25) is 4.79 Å². The lowest BCUT2D eigenvalue weighted by Crippen LogP contribution is -2.30. The molecule has 2 rings (SSSR count). The first-order valence-electron chi connectivity index (χ1n) is 7.01. The molecule has 5 nitrogen and oxygen atoms in total. The number of carbonyl (C=O) groups is 2. The molecule has 112 valence electrons. The molecule has 0 aliphatic carbocycles. The van der Waals surface area contributed by atoms with Gasteiger partial charge in [-0.05, 0) is 36.6 Å². The average Bonchev–Trinajstić information content (AvgIpc) is 2.69. The smallest absolute Gasteiger partial charge is 0.328 e. The lowest BCUT2D eigenvalue weighted by Gasteiger charge is -2.23. The van der Waals surface area contributed by atoms with E-state index in [0.29, 0.717) is 24.4 Å². The van der Waals surface area contributed by atoms with Crippen LogP contribution in [0, 0.1) is 0 Å². The molecule has 1 aromatic rings. The van der Waals surface area contributed by atoms with Crippen molar-refractivity contribution in [3.63, 3.8) is 0 Å². The van der Waals surface area contributed by atoms with Crippen LogP contribution in [0.1, 0.15) is 31.2 Å². The zero-order valence-corrected chi connectivity index (χ0v) is 12.0. The van der Waals surface area contributed by atoms with Crippen molar-refractivity contribution in [2.24, 2.45) is 0 Å². The summed E-state index contributed by atoms with van der Waals surface area (Å²) in [5.74, 6) is -0.291. The molecule has 21 heavy (non-hydrogen) atoms. The van der Waals surface area contributed by atoms with E-state index < -0.39 is 5.97 Å². The molecule has 1 aliphatic heterocycles. The number of carbonyl (C=O) groups excluding carboxylic acids is 1. The molecular formula is C16H19NO4. The summed E-state index contributed by atoms with van der Waals surface area (Å²) in [6, 6.07) is 5.32. The zero-order chi connectivity index (χ0) is 15.2. The summed E-state index contributed by atoms with van der Waals surface area (Å²) in [5, 5.41) is 8.70. The third-order valence-corrected chi connectivity index (χ3v) is 3.49. The SMILES string of the molecule is COc1ccc(C=CC(=O)O)cc1N1CCCCCC1=O. The number of nitrogens with zero attached hydrogens (tertiary/aromatic N) is 1. The molecule has 1 fully saturated rings. The van der Waals surface area contributed by atoms with E-state index in [0.717, 1.165) is 30.9 Å². The maximum absolute atomic E-state index is 12.2. The summed E-state index contributed by atoms with van der Waals surface area (Å²) in [7, 11) is 1.56. The van der Waals surface area contributed by atoms with Gasteiger partial charge in [0.1, 0.15) is 5.75 Å². The molecule has 0 aromatic heterocycles. The van der Waals surface area contributed by atoms with Crippen molar-refractivity contribution in [1.82, 2.24) is 0 Å². The van der Waals surface area contributed by atoms with Gasteiger partial charge in [-0.25, -0.2) is 4.79 Å². The standard InChI is InChI=1S/C16H19NO4/c1-21-14-8-6-12(7-9-16(19)20)11-13(14)17-10-4-2-3-5-15(17)18/h6-9,11H,2-5,10H2,1H3,(H,19,20). The van der Waals surface area contributed by atoms with Gasteiger partial charge in [0.2, 0.25) is 5.91 Å². The summed E-state index contributed by atoms with van der Waals surface area (Å²) in [6.45, 7) is 0.668. The number of aliphatic carboxylic acids is 1. The summed E-state index contributed by atoms with van der Waals surface area (Å²) < 4.78 is 5.33. The number of carboxylic acid groups (broad SMARTS) is 1. The Hall–Kier alpha value is -2.30. The first-order valence-corrected chi connectivity index (χ1v) is 7.01. The quantitative estimate of drug-likeness (QED) is 0.865. The predicted octanol–water partition coefficient (Wildman–Crippen LogP) is 2.70. The van der Waals surface area contributed by atoms with Crippen LogP contribution in [0.4, 0.5) is 5.69 Å². The van der Waals surface area contributed by atoms with E-state index in [1.54, 1.807) is 30.2 Å². The number of amides is 1. The Balaban J connectivity index is 2.36. The predicted molar refractivity (Wildman–Crippen MR) is 80.5 cm³/mol. The molecule has 1 aliphatic rings. The van der Waals surface area contributed by atoms with Gasteiger partial charge in [0.05, 0.1) is 12.8 Å². The van der Waals surface area contributed by atoms with Crippen molar-refractivity contribution in [3.8, 4) is 5.75 Å². The molecule has 0 saturated carbocycles. The van der Waals surface area contributed by atoms with Gasteiger partial charge in [-0.15, -0.1) is 0 Å². The molecule has 5 heteroatoms. The Morgan fingerprint density at radius 2 is 2.14 bits per heavy atom. The van der Waals surface area contributed by atoms with E-state index >= 15 is 0 Å². The van der Waals surface area contributed by atoms with Gasteiger partial charge in [-0.1, -0.05) is 12.5 Å². The van der Waals surface area contributed by atoms with Crippen molar-refractivity contribution in [3.05, 3.63) is 29.8 Å². The number of ether oxygens (including phenoxy) is 1. The summed E-state index contributed by atoms with van der Waals surface area (Å²) in [5.41, 5.74) is 1.43. The second-order valence-electron chi connectivity index (χ2n) is 4.96. The summed E-state index contributed by atoms with van der Waals surface area (Å²) in [6.07, 6.45) is 6.05. The fraction of sp³-hybridized carbons (Fsp3) is 0.375. The minimum atomic E-state index is -1.00. The van der Waals surface area contributed by atoms with Gasteiger partial charge >= 0.3 is 5.97 Å². The fourth-order valence-corrected chi connectivity index (χ4v) is 2.43. The molecule has 0 unspecified atom stereocenters. The second-order valence-corrected chi connectivity index (χ2v) is 4.96. The molecule has 0 atom stereocenters. The van der Waals surface area contributed by atoms with Crippen LogP contribution < -0.4 is 9.64 Å². The second kappa shape index (κ2) is 6.92. The van der Waals surface area contributed by atoms with E-state index in [4.69, 9.17) is 9.84 Å².